The van der Waals surface area contributed by atoms with Crippen molar-refractivity contribution in [3.8, 4) is 0 Å². The van der Waals surface area contributed by atoms with E-state index in [9.17, 15) is 9.59 Å². The van der Waals surface area contributed by atoms with Crippen molar-refractivity contribution in [1.82, 2.24) is 4.98 Å². The molecule has 1 aliphatic heterocycles. The van der Waals surface area contributed by atoms with Crippen molar-refractivity contribution in [1.29, 1.82) is 0 Å². The summed E-state index contributed by atoms with van der Waals surface area (Å²) >= 11 is 7.54. The molecule has 5 nitrogen and oxygen atoms in total. The molecule has 0 N–H and O–H groups in total. The van der Waals surface area contributed by atoms with Gasteiger partial charge < -0.3 is 4.42 Å². The Morgan fingerprint density at radius 2 is 1.93 bits per heavy atom. The third-order valence-electron chi connectivity index (χ3n) is 5.28. The van der Waals surface area contributed by atoms with Crippen molar-refractivity contribution in [3.63, 3.8) is 0 Å². The minimum atomic E-state index is -0.649. The largest absolute Gasteiger partial charge is 0.450 e. The molecule has 0 saturated carbocycles. The number of anilines is 1. The highest BCUT2D eigenvalue weighted by Gasteiger charge is 2.44. The van der Waals surface area contributed by atoms with Crippen LogP contribution in [0.1, 0.15) is 38.9 Å². The van der Waals surface area contributed by atoms with Gasteiger partial charge in [-0.1, -0.05) is 23.7 Å². The summed E-state index contributed by atoms with van der Waals surface area (Å²) in [7, 11) is 0. The fourth-order valence-electron chi connectivity index (χ4n) is 3.75. The molecule has 7 heteroatoms. The van der Waals surface area contributed by atoms with Crippen LogP contribution in [0.3, 0.4) is 0 Å². The normalized spacial score (nSPS) is 15.9. The number of halogens is 1. The first kappa shape index (κ1) is 18.1. The lowest BCUT2D eigenvalue weighted by Gasteiger charge is -2.22. The highest BCUT2D eigenvalue weighted by molar-refractivity contribution is 7.13. The van der Waals surface area contributed by atoms with Crippen molar-refractivity contribution in [3.05, 3.63) is 91.2 Å². The smallest absolute Gasteiger partial charge is 0.297 e. The van der Waals surface area contributed by atoms with Crippen LogP contribution in [0.2, 0.25) is 5.02 Å². The maximum atomic E-state index is 13.5. The van der Waals surface area contributed by atoms with E-state index in [4.69, 9.17) is 16.0 Å². The van der Waals surface area contributed by atoms with E-state index in [-0.39, 0.29) is 17.1 Å². The van der Waals surface area contributed by atoms with Gasteiger partial charge in [-0.3, -0.25) is 14.5 Å². The van der Waals surface area contributed by atoms with Crippen LogP contribution in [-0.2, 0) is 0 Å². The average molecular weight is 423 g/mol. The number of amides is 1. The first-order valence-corrected chi connectivity index (χ1v) is 10.3. The summed E-state index contributed by atoms with van der Waals surface area (Å²) in [5.74, 6) is -0.317. The lowest BCUT2D eigenvalue weighted by Crippen LogP contribution is -2.29. The molecule has 3 heterocycles. The maximum absolute atomic E-state index is 13.5. The second kappa shape index (κ2) is 6.54. The van der Waals surface area contributed by atoms with Gasteiger partial charge in [0, 0.05) is 16.6 Å². The van der Waals surface area contributed by atoms with E-state index in [0.717, 1.165) is 16.7 Å². The molecule has 0 bridgehead atoms. The molecular weight excluding hydrogens is 408 g/mol. The molecular formula is C22H15ClN2O3S. The number of hydrogen-bond donors (Lipinski definition) is 0. The molecule has 0 fully saturated rings. The van der Waals surface area contributed by atoms with Gasteiger partial charge in [0.2, 0.25) is 5.76 Å². The summed E-state index contributed by atoms with van der Waals surface area (Å²) in [5, 5.41) is 3.29. The van der Waals surface area contributed by atoms with E-state index in [0.29, 0.717) is 26.7 Å². The lowest BCUT2D eigenvalue weighted by molar-refractivity contribution is 0.0971. The van der Waals surface area contributed by atoms with Crippen LogP contribution in [0.15, 0.2) is 57.2 Å². The molecule has 1 atom stereocenters. The van der Waals surface area contributed by atoms with Gasteiger partial charge in [0.25, 0.3) is 5.91 Å². The fraction of sp³-hybridized carbons (Fsp3) is 0.136. The van der Waals surface area contributed by atoms with Gasteiger partial charge in [-0.2, -0.15) is 0 Å². The Kier molecular flexibility index (Phi) is 4.08. The Labute approximate surface area is 175 Å². The van der Waals surface area contributed by atoms with Crippen LogP contribution in [0, 0.1) is 13.8 Å². The van der Waals surface area contributed by atoms with E-state index in [2.05, 4.69) is 4.98 Å². The average Bonchev–Trinajstić information content (AvgIpc) is 3.30. The number of rotatable bonds is 2. The number of hydrogen-bond acceptors (Lipinski definition) is 5. The predicted octanol–water partition coefficient (Wildman–Crippen LogP) is 5.27. The number of aromatic nitrogens is 1. The summed E-state index contributed by atoms with van der Waals surface area (Å²) in [4.78, 5) is 32.7. The molecule has 2 aromatic heterocycles. The second-order valence-corrected chi connectivity index (χ2v) is 8.36. The summed E-state index contributed by atoms with van der Waals surface area (Å²) < 4.78 is 6.00. The van der Waals surface area contributed by atoms with Gasteiger partial charge >= 0.3 is 0 Å². The van der Waals surface area contributed by atoms with Crippen molar-refractivity contribution < 1.29 is 9.21 Å². The highest BCUT2D eigenvalue weighted by atomic mass is 35.5. The Morgan fingerprint density at radius 1 is 1.14 bits per heavy atom. The van der Waals surface area contributed by atoms with Crippen LogP contribution in [0.25, 0.3) is 11.0 Å². The third-order valence-corrected chi connectivity index (χ3v) is 6.28. The van der Waals surface area contributed by atoms with E-state index in [1.165, 1.54) is 16.2 Å². The topological polar surface area (TPSA) is 63.4 Å². The Morgan fingerprint density at radius 3 is 2.66 bits per heavy atom. The van der Waals surface area contributed by atoms with Gasteiger partial charge in [0.15, 0.2) is 10.6 Å². The zero-order valence-electron chi connectivity index (χ0n) is 15.6. The summed E-state index contributed by atoms with van der Waals surface area (Å²) in [5.41, 5.74) is 3.25. The van der Waals surface area contributed by atoms with Crippen molar-refractivity contribution >= 4 is 44.9 Å². The molecule has 0 spiro atoms. The monoisotopic (exact) mass is 422 g/mol. The fourth-order valence-corrected chi connectivity index (χ4v) is 4.62. The maximum Gasteiger partial charge on any atom is 0.297 e. The predicted molar refractivity (Wildman–Crippen MR) is 114 cm³/mol. The molecule has 0 aliphatic carbocycles. The molecule has 1 aliphatic rings. The Hall–Kier alpha value is -2.96. The molecule has 0 radical (unpaired) electrons. The summed E-state index contributed by atoms with van der Waals surface area (Å²) in [6.07, 6.45) is 1.63. The highest BCUT2D eigenvalue weighted by Crippen LogP contribution is 2.42. The Balaban J connectivity index is 1.85. The third kappa shape index (κ3) is 2.71. The van der Waals surface area contributed by atoms with Crippen LogP contribution in [0.4, 0.5) is 5.13 Å². The number of aryl methyl sites for hydroxylation is 2. The van der Waals surface area contributed by atoms with Crippen LogP contribution in [-0.4, -0.2) is 10.9 Å². The molecule has 0 unspecified atom stereocenters. The van der Waals surface area contributed by atoms with Crippen LogP contribution >= 0.6 is 22.9 Å². The number of nitrogens with zero attached hydrogens (tertiary/aromatic N) is 2. The second-order valence-electron chi connectivity index (χ2n) is 7.05. The number of benzene rings is 2. The Bertz CT molecular complexity index is 1340. The van der Waals surface area contributed by atoms with Gasteiger partial charge in [0.1, 0.15) is 5.58 Å². The van der Waals surface area contributed by atoms with Gasteiger partial charge in [0.05, 0.1) is 17.0 Å². The molecule has 1 amide bonds. The lowest BCUT2D eigenvalue weighted by atomic mass is 9.97. The minimum absolute atomic E-state index is 0.0610. The van der Waals surface area contributed by atoms with Crippen molar-refractivity contribution in [2.24, 2.45) is 0 Å². The zero-order valence-corrected chi connectivity index (χ0v) is 17.2. The molecule has 5 rings (SSSR count). The number of carbonyl (C=O) groups is 1. The van der Waals surface area contributed by atoms with Crippen LogP contribution in [0.5, 0.6) is 0 Å². The molecule has 2 aromatic carbocycles. The summed E-state index contributed by atoms with van der Waals surface area (Å²) in [6.45, 7) is 3.89. The molecule has 0 saturated heterocycles. The van der Waals surface area contributed by atoms with E-state index in [1.807, 2.05) is 26.0 Å². The molecule has 4 aromatic rings. The first-order chi connectivity index (χ1) is 14.0. The standard InChI is InChI=1S/C22H15ClN2O3S/c1-11-8-15-16(9-12(11)2)28-20-17(19(15)26)18(13-4-3-5-14(23)10-13)25(21(20)27)22-24-6-7-29-22/h3-10,18H,1-2H3/t18-/m1/s1. The first-order valence-electron chi connectivity index (χ1n) is 9.02. The number of fused-ring (bicyclic) bond motifs is 2. The van der Waals surface area contributed by atoms with E-state index < -0.39 is 6.04 Å². The van der Waals surface area contributed by atoms with Crippen molar-refractivity contribution in [2.45, 2.75) is 19.9 Å². The molecule has 29 heavy (non-hydrogen) atoms. The molecule has 144 valence electrons. The zero-order chi connectivity index (χ0) is 20.3. The van der Waals surface area contributed by atoms with Gasteiger partial charge in [-0.05, 0) is 54.8 Å². The summed E-state index contributed by atoms with van der Waals surface area (Å²) in [6, 6.07) is 10.2. The van der Waals surface area contributed by atoms with E-state index in [1.54, 1.807) is 35.8 Å². The quantitative estimate of drug-likeness (QED) is 0.441. The number of carbonyl (C=O) groups excluding carboxylic acids is 1. The number of thiazole rings is 1. The van der Waals surface area contributed by atoms with Crippen LogP contribution < -0.4 is 10.3 Å². The van der Waals surface area contributed by atoms with E-state index >= 15 is 0 Å². The van der Waals surface area contributed by atoms with Gasteiger partial charge in [-0.15, -0.1) is 11.3 Å². The SMILES string of the molecule is Cc1cc2oc3c(c(=O)c2cc1C)[C@@H](c1cccc(Cl)c1)N(c1nccs1)C3=O. The van der Waals surface area contributed by atoms with Gasteiger partial charge in [-0.25, -0.2) is 4.98 Å². The minimum Gasteiger partial charge on any atom is -0.450 e. The van der Waals surface area contributed by atoms with Crippen molar-refractivity contribution in [2.75, 3.05) is 4.90 Å².